The Bertz CT molecular complexity index is 1490. The number of benzene rings is 1. The monoisotopic (exact) mass is 694 g/mol. The van der Waals surface area contributed by atoms with Crippen LogP contribution in [0.25, 0.3) is 0 Å². The number of carbonyl (C=O) groups is 4. The zero-order chi connectivity index (χ0) is 36.3. The normalized spacial score (nSPS) is 32.7. The third-order valence-electron chi connectivity index (χ3n) is 12.3. The van der Waals surface area contributed by atoms with Crippen molar-refractivity contribution in [1.29, 1.82) is 0 Å². The van der Waals surface area contributed by atoms with Crippen molar-refractivity contribution in [3.8, 4) is 0 Å². The van der Waals surface area contributed by atoms with E-state index in [0.29, 0.717) is 61.6 Å². The number of fused-ring (bicyclic) bond motifs is 3. The molecule has 274 valence electrons. The Morgan fingerprint density at radius 2 is 1.78 bits per heavy atom. The van der Waals surface area contributed by atoms with Crippen molar-refractivity contribution >= 4 is 30.9 Å². The van der Waals surface area contributed by atoms with Gasteiger partial charge in [-0.05, 0) is 108 Å². The lowest BCUT2D eigenvalue weighted by Crippen LogP contribution is -2.61. The lowest BCUT2D eigenvalue weighted by Gasteiger charge is -2.64. The van der Waals surface area contributed by atoms with Crippen LogP contribution in [0.4, 0.5) is 4.79 Å². The van der Waals surface area contributed by atoms with Crippen LogP contribution in [-0.4, -0.2) is 113 Å². The van der Waals surface area contributed by atoms with Gasteiger partial charge in [-0.3, -0.25) is 14.4 Å². The summed E-state index contributed by atoms with van der Waals surface area (Å²) in [6, 6.07) is 6.16. The molecule has 13 heteroatoms. The Labute approximate surface area is 296 Å². The van der Waals surface area contributed by atoms with Crippen LogP contribution in [0.5, 0.6) is 0 Å². The molecular weight excluding hydrogens is 639 g/mol. The number of amides is 4. The molecule has 0 aromatic heterocycles. The van der Waals surface area contributed by atoms with Gasteiger partial charge in [-0.1, -0.05) is 19.1 Å². The van der Waals surface area contributed by atoms with Gasteiger partial charge in [-0.2, -0.15) is 0 Å². The number of nitrogens with zero attached hydrogens (tertiary/aromatic N) is 3. The number of likely N-dealkylation sites (tertiary alicyclic amines) is 1. The molecule has 0 spiro atoms. The number of rotatable bonds is 11. The first-order valence-electron chi connectivity index (χ1n) is 18.3. The number of β-amino-alcohol motifs (C(OH)–C–C–N with tert-alkyl or cyclic N) is 1. The molecule has 0 radical (unpaired) electrons. The maximum atomic E-state index is 13.7. The number of unbranched alkanes of at least 4 members (excludes halogenated alkanes) is 1. The standard InChI is InChI=1S/C37H55BN4O8/c1-22(33(46)42-21-26(43)19-29(42)38-49-31-27-17-25-18-28(36(25,27)5)37(31,6)50-38)39-32(45)24-14-12-23(13-15-24)20-41(8)30(44)11-9-10-16-40(7)34(47)48-35(2,3)4/h12-15,22,25-29,31,43H,9-11,16-21H2,1-8H3,(H,39,45)/t22-,25-,26+,27?,28+,29+,31?,36?,37+/m1/s1. The average Bonchev–Trinajstić information content (AvgIpc) is 3.59. The minimum Gasteiger partial charge on any atom is -0.444 e. The summed E-state index contributed by atoms with van der Waals surface area (Å²) in [5, 5.41) is 13.4. The van der Waals surface area contributed by atoms with Crippen molar-refractivity contribution in [2.45, 2.75) is 122 Å². The lowest BCUT2D eigenvalue weighted by molar-refractivity contribution is -0.176. The molecule has 1 aromatic carbocycles. The Hall–Kier alpha value is -3.16. The van der Waals surface area contributed by atoms with Gasteiger partial charge in [0.05, 0.1) is 23.8 Å². The van der Waals surface area contributed by atoms with Crippen LogP contribution in [0.3, 0.4) is 0 Å². The molecule has 0 bridgehead atoms. The summed E-state index contributed by atoms with van der Waals surface area (Å²) >= 11 is 0. The molecule has 50 heavy (non-hydrogen) atoms. The van der Waals surface area contributed by atoms with Crippen LogP contribution in [0.15, 0.2) is 24.3 Å². The van der Waals surface area contributed by atoms with E-state index in [9.17, 15) is 24.3 Å². The van der Waals surface area contributed by atoms with Crippen molar-refractivity contribution in [2.24, 2.45) is 23.2 Å². The fourth-order valence-electron chi connectivity index (χ4n) is 9.41. The van der Waals surface area contributed by atoms with Gasteiger partial charge in [-0.15, -0.1) is 0 Å². The van der Waals surface area contributed by atoms with Gasteiger partial charge >= 0.3 is 13.2 Å². The van der Waals surface area contributed by atoms with Crippen molar-refractivity contribution in [1.82, 2.24) is 20.0 Å². The Morgan fingerprint density at radius 1 is 1.08 bits per heavy atom. The quantitative estimate of drug-likeness (QED) is 0.265. The zero-order valence-electron chi connectivity index (χ0n) is 30.9. The Balaban J connectivity index is 0.951. The van der Waals surface area contributed by atoms with Crippen LogP contribution in [-0.2, 0) is 30.2 Å². The molecule has 2 heterocycles. The van der Waals surface area contributed by atoms with Gasteiger partial charge in [0.2, 0.25) is 11.8 Å². The summed E-state index contributed by atoms with van der Waals surface area (Å²) in [4.78, 5) is 56.5. The molecule has 6 rings (SSSR count). The summed E-state index contributed by atoms with van der Waals surface area (Å²) in [5.41, 5.74) is 0.665. The number of aliphatic hydroxyl groups excluding tert-OH is 1. The van der Waals surface area contributed by atoms with E-state index in [1.165, 1.54) is 17.7 Å². The third kappa shape index (κ3) is 6.65. The zero-order valence-corrected chi connectivity index (χ0v) is 30.9. The fraction of sp³-hybridized carbons (Fsp3) is 0.730. The van der Waals surface area contributed by atoms with Crippen LogP contribution < -0.4 is 5.32 Å². The van der Waals surface area contributed by atoms with Crippen LogP contribution in [0, 0.1) is 23.2 Å². The number of aliphatic hydroxyl groups is 1. The predicted molar refractivity (Wildman–Crippen MR) is 187 cm³/mol. The van der Waals surface area contributed by atoms with Crippen molar-refractivity contribution < 1.29 is 38.3 Å². The first-order valence-corrected chi connectivity index (χ1v) is 18.3. The minimum atomic E-state index is -0.818. The average molecular weight is 695 g/mol. The van der Waals surface area contributed by atoms with E-state index in [4.69, 9.17) is 14.0 Å². The number of nitrogens with one attached hydrogen (secondary N) is 1. The molecule has 5 fully saturated rings. The summed E-state index contributed by atoms with van der Waals surface area (Å²) in [6.45, 7) is 12.7. The maximum Gasteiger partial charge on any atom is 0.482 e. The molecule has 4 amide bonds. The topological polar surface area (TPSA) is 138 Å². The molecule has 9 atom stereocenters. The summed E-state index contributed by atoms with van der Waals surface area (Å²) in [6.07, 6.45) is 3.36. The summed E-state index contributed by atoms with van der Waals surface area (Å²) in [7, 11) is 2.84. The molecule has 3 saturated carbocycles. The molecule has 3 unspecified atom stereocenters. The Kier molecular flexibility index (Phi) is 9.84. The van der Waals surface area contributed by atoms with Crippen molar-refractivity contribution in [3.05, 3.63) is 35.4 Å². The first kappa shape index (κ1) is 36.6. The lowest BCUT2D eigenvalue weighted by atomic mass is 9.41. The smallest absolute Gasteiger partial charge is 0.444 e. The van der Waals surface area contributed by atoms with E-state index in [0.717, 1.165) is 11.5 Å². The van der Waals surface area contributed by atoms with Crippen LogP contribution in [0.2, 0.25) is 0 Å². The molecule has 12 nitrogen and oxygen atoms in total. The van der Waals surface area contributed by atoms with Crippen LogP contribution >= 0.6 is 0 Å². The van der Waals surface area contributed by atoms with Crippen LogP contribution in [0.1, 0.15) is 96.0 Å². The molecular formula is C37H55BN4O8. The molecule has 2 N–H and O–H groups in total. The highest BCUT2D eigenvalue weighted by Gasteiger charge is 2.80. The highest BCUT2D eigenvalue weighted by atomic mass is 16.7. The Morgan fingerprint density at radius 3 is 2.44 bits per heavy atom. The first-order chi connectivity index (χ1) is 23.4. The van der Waals surface area contributed by atoms with Crippen molar-refractivity contribution in [3.63, 3.8) is 0 Å². The van der Waals surface area contributed by atoms with Gasteiger partial charge in [-0.25, -0.2) is 4.79 Å². The fourth-order valence-corrected chi connectivity index (χ4v) is 9.41. The van der Waals surface area contributed by atoms with Gasteiger partial charge in [0.25, 0.3) is 5.91 Å². The molecule has 3 aliphatic carbocycles. The van der Waals surface area contributed by atoms with E-state index in [1.54, 1.807) is 55.1 Å². The van der Waals surface area contributed by atoms with E-state index >= 15 is 0 Å². The van der Waals surface area contributed by atoms with E-state index < -0.39 is 30.8 Å². The van der Waals surface area contributed by atoms with Gasteiger partial charge < -0.3 is 39.2 Å². The second-order valence-corrected chi connectivity index (χ2v) is 16.9. The van der Waals surface area contributed by atoms with E-state index in [1.807, 2.05) is 20.8 Å². The largest absolute Gasteiger partial charge is 0.482 e. The van der Waals surface area contributed by atoms with Gasteiger partial charge in [0.1, 0.15) is 11.6 Å². The maximum absolute atomic E-state index is 13.7. The van der Waals surface area contributed by atoms with E-state index in [2.05, 4.69) is 19.2 Å². The molecule has 1 aromatic rings. The summed E-state index contributed by atoms with van der Waals surface area (Å²) < 4.78 is 18.6. The summed E-state index contributed by atoms with van der Waals surface area (Å²) in [5.74, 6) is 0.640. The van der Waals surface area contributed by atoms with E-state index in [-0.39, 0.29) is 42.1 Å². The second kappa shape index (κ2) is 13.4. The van der Waals surface area contributed by atoms with Crippen molar-refractivity contribution in [2.75, 3.05) is 27.2 Å². The molecule has 5 aliphatic rings. The van der Waals surface area contributed by atoms with Gasteiger partial charge in [0, 0.05) is 45.7 Å². The molecule has 2 aliphatic heterocycles. The number of hydrogen-bond donors (Lipinski definition) is 2. The number of carbonyl (C=O) groups excluding carboxylic acids is 4. The second-order valence-electron chi connectivity index (χ2n) is 16.9. The molecule has 2 saturated heterocycles. The minimum absolute atomic E-state index is 0.00618. The van der Waals surface area contributed by atoms with Gasteiger partial charge in [0.15, 0.2) is 0 Å². The highest BCUT2D eigenvalue weighted by molar-refractivity contribution is 6.48. The predicted octanol–water partition coefficient (Wildman–Crippen LogP) is 3.64. The number of ether oxygens (including phenoxy) is 1. The SMILES string of the molecule is C[C@@H](NC(=O)c1ccc(CN(C)C(=O)CCCCN(C)C(=O)OC(C)(C)C)cc1)C(=O)N1C[C@@H](O)C[C@H]1B1OC2C3C[C@@H]4C[C@@H](C34C)[C@]2(C)O1. The third-order valence-corrected chi connectivity index (χ3v) is 12.3. The highest BCUT2D eigenvalue weighted by Crippen LogP contribution is 2.79. The number of hydrogen-bond acceptors (Lipinski definition) is 8.